The average Bonchev–Trinajstić information content (AvgIpc) is 3.37. The van der Waals surface area contributed by atoms with Crippen molar-refractivity contribution in [3.05, 3.63) is 59.0 Å². The number of ether oxygens (including phenoxy) is 2. The second-order valence-corrected chi connectivity index (χ2v) is 6.24. The Labute approximate surface area is 148 Å². The third kappa shape index (κ3) is 3.43. The Bertz CT molecular complexity index is 815. The zero-order valence-corrected chi connectivity index (χ0v) is 14.0. The molecule has 128 valence electrons. The molecule has 2 amide bonds. The quantitative estimate of drug-likeness (QED) is 0.736. The minimum absolute atomic E-state index is 0.0521. The van der Waals surface area contributed by atoms with Gasteiger partial charge in [-0.1, -0.05) is 0 Å². The van der Waals surface area contributed by atoms with Crippen LogP contribution in [0.15, 0.2) is 53.5 Å². The molecule has 0 fully saturated rings. The van der Waals surface area contributed by atoms with E-state index in [2.05, 4.69) is 21.1 Å². The number of carbonyl (C=O) groups excluding carboxylic acids is 1. The van der Waals surface area contributed by atoms with E-state index in [0.29, 0.717) is 23.7 Å². The molecule has 4 rings (SSSR count). The molecular formula is C17H16N4O3S. The van der Waals surface area contributed by atoms with Crippen molar-refractivity contribution < 1.29 is 14.3 Å². The third-order valence-corrected chi connectivity index (χ3v) is 4.56. The molecular weight excluding hydrogens is 340 g/mol. The molecule has 1 atom stereocenters. The van der Waals surface area contributed by atoms with Crippen molar-refractivity contribution in [2.24, 2.45) is 0 Å². The summed E-state index contributed by atoms with van der Waals surface area (Å²) in [5.74, 6) is 1.31. The number of hydrogen-bond acceptors (Lipinski definition) is 5. The van der Waals surface area contributed by atoms with Gasteiger partial charge in [0.15, 0.2) is 11.5 Å². The van der Waals surface area contributed by atoms with E-state index in [1.165, 1.54) is 0 Å². The monoisotopic (exact) mass is 356 g/mol. The van der Waals surface area contributed by atoms with E-state index in [-0.39, 0.29) is 18.9 Å². The van der Waals surface area contributed by atoms with Crippen LogP contribution in [-0.4, -0.2) is 29.1 Å². The highest BCUT2D eigenvalue weighted by atomic mass is 32.1. The molecule has 8 heteroatoms. The smallest absolute Gasteiger partial charge is 0.319 e. The van der Waals surface area contributed by atoms with Crippen LogP contribution < -0.4 is 20.1 Å². The van der Waals surface area contributed by atoms with Gasteiger partial charge in [-0.15, -0.1) is 0 Å². The third-order valence-electron chi connectivity index (χ3n) is 3.86. The lowest BCUT2D eigenvalue weighted by molar-refractivity contribution is 0.174. The molecule has 0 bridgehead atoms. The number of nitrogens with zero attached hydrogens (tertiary/aromatic N) is 2. The van der Waals surface area contributed by atoms with Crippen molar-refractivity contribution >= 4 is 23.1 Å². The zero-order chi connectivity index (χ0) is 17.1. The number of nitrogens with one attached hydrogen (secondary N) is 2. The number of carbonyl (C=O) groups is 1. The van der Waals surface area contributed by atoms with Gasteiger partial charge in [0.25, 0.3) is 0 Å². The summed E-state index contributed by atoms with van der Waals surface area (Å²) in [5.41, 5.74) is 1.75. The number of aromatic nitrogens is 2. The van der Waals surface area contributed by atoms with Crippen molar-refractivity contribution in [1.82, 2.24) is 15.1 Å². The Hall–Kier alpha value is -3.00. The van der Waals surface area contributed by atoms with E-state index < -0.39 is 0 Å². The zero-order valence-electron chi connectivity index (χ0n) is 13.2. The number of anilines is 1. The lowest BCUT2D eigenvalue weighted by atomic mass is 10.1. The Kier molecular flexibility index (Phi) is 4.26. The first kappa shape index (κ1) is 15.5. The SMILES string of the molecule is O=C(NCC(c1ccsc1)n1cccn1)Nc1ccc2c(c1)OCO2. The van der Waals surface area contributed by atoms with Gasteiger partial charge in [0.1, 0.15) is 0 Å². The van der Waals surface area contributed by atoms with Gasteiger partial charge in [-0.2, -0.15) is 16.4 Å². The molecule has 1 aliphatic heterocycles. The van der Waals surface area contributed by atoms with Gasteiger partial charge in [0.2, 0.25) is 6.79 Å². The van der Waals surface area contributed by atoms with Crippen LogP contribution in [0.4, 0.5) is 10.5 Å². The first-order valence-corrected chi connectivity index (χ1v) is 8.69. The Morgan fingerprint density at radius 2 is 2.24 bits per heavy atom. The molecule has 1 aromatic carbocycles. The molecule has 3 aromatic rings. The number of fused-ring (bicyclic) bond motifs is 1. The molecule has 2 aromatic heterocycles. The Balaban J connectivity index is 1.40. The number of rotatable bonds is 5. The van der Waals surface area contributed by atoms with Crippen LogP contribution in [0.25, 0.3) is 0 Å². The van der Waals surface area contributed by atoms with Gasteiger partial charge < -0.3 is 20.1 Å². The van der Waals surface area contributed by atoms with E-state index in [1.807, 2.05) is 28.4 Å². The number of thiophene rings is 1. The van der Waals surface area contributed by atoms with E-state index >= 15 is 0 Å². The van der Waals surface area contributed by atoms with Crippen LogP contribution in [0.2, 0.25) is 0 Å². The largest absolute Gasteiger partial charge is 0.454 e. The van der Waals surface area contributed by atoms with Gasteiger partial charge in [-0.25, -0.2) is 4.79 Å². The minimum atomic E-state index is -0.286. The highest BCUT2D eigenvalue weighted by molar-refractivity contribution is 7.07. The van der Waals surface area contributed by atoms with Crippen molar-refractivity contribution in [3.8, 4) is 11.5 Å². The number of amides is 2. The summed E-state index contributed by atoms with van der Waals surface area (Å²) in [6.07, 6.45) is 3.62. The fourth-order valence-corrected chi connectivity index (χ4v) is 3.34. The van der Waals surface area contributed by atoms with E-state index in [9.17, 15) is 4.79 Å². The molecule has 0 radical (unpaired) electrons. The fraction of sp³-hybridized carbons (Fsp3) is 0.176. The van der Waals surface area contributed by atoms with Crippen LogP contribution in [0.1, 0.15) is 11.6 Å². The van der Waals surface area contributed by atoms with Gasteiger partial charge >= 0.3 is 6.03 Å². The molecule has 0 spiro atoms. The predicted octanol–water partition coefficient (Wildman–Crippen LogP) is 3.08. The summed E-state index contributed by atoms with van der Waals surface area (Å²) < 4.78 is 12.4. The van der Waals surface area contributed by atoms with E-state index in [0.717, 1.165) is 5.56 Å². The van der Waals surface area contributed by atoms with Crippen LogP contribution in [-0.2, 0) is 0 Å². The molecule has 25 heavy (non-hydrogen) atoms. The summed E-state index contributed by atoms with van der Waals surface area (Å²) in [4.78, 5) is 12.2. The molecule has 0 saturated heterocycles. The normalized spacial score (nSPS) is 13.4. The van der Waals surface area contributed by atoms with Gasteiger partial charge in [0.05, 0.1) is 6.04 Å². The molecule has 0 saturated carbocycles. The summed E-state index contributed by atoms with van der Waals surface area (Å²) in [7, 11) is 0. The second kappa shape index (κ2) is 6.86. The standard InChI is InChI=1S/C17H16N4O3S/c22-17(20-13-2-3-15-16(8-13)24-11-23-15)18-9-14(12-4-7-25-10-12)21-6-1-5-19-21/h1-8,10,14H,9,11H2,(H2,18,20,22). The summed E-state index contributed by atoms with van der Waals surface area (Å²) in [6, 6.07) is 8.86. The summed E-state index contributed by atoms with van der Waals surface area (Å²) in [6.45, 7) is 0.631. The van der Waals surface area contributed by atoms with Gasteiger partial charge in [0, 0.05) is 30.7 Å². The predicted molar refractivity (Wildman–Crippen MR) is 94.3 cm³/mol. The summed E-state index contributed by atoms with van der Waals surface area (Å²) >= 11 is 1.62. The second-order valence-electron chi connectivity index (χ2n) is 5.46. The van der Waals surface area contributed by atoms with Crippen molar-refractivity contribution in [2.75, 3.05) is 18.7 Å². The van der Waals surface area contributed by atoms with Gasteiger partial charge in [-0.3, -0.25) is 4.68 Å². The Morgan fingerprint density at radius 1 is 1.32 bits per heavy atom. The highest BCUT2D eigenvalue weighted by Gasteiger charge is 2.17. The Morgan fingerprint density at radius 3 is 3.04 bits per heavy atom. The fourth-order valence-electron chi connectivity index (χ4n) is 2.63. The molecule has 2 N–H and O–H groups in total. The highest BCUT2D eigenvalue weighted by Crippen LogP contribution is 2.34. The van der Waals surface area contributed by atoms with Crippen LogP contribution in [0, 0.1) is 0 Å². The number of benzene rings is 1. The molecule has 7 nitrogen and oxygen atoms in total. The first-order valence-electron chi connectivity index (χ1n) is 7.75. The molecule has 0 aliphatic carbocycles. The molecule has 1 unspecified atom stereocenters. The van der Waals surface area contributed by atoms with E-state index in [4.69, 9.17) is 9.47 Å². The first-order chi connectivity index (χ1) is 12.3. The summed E-state index contributed by atoms with van der Waals surface area (Å²) in [5, 5.41) is 14.1. The minimum Gasteiger partial charge on any atom is -0.454 e. The van der Waals surface area contributed by atoms with Crippen LogP contribution in [0.3, 0.4) is 0 Å². The molecule has 1 aliphatic rings. The van der Waals surface area contributed by atoms with Crippen LogP contribution in [0.5, 0.6) is 11.5 Å². The maximum absolute atomic E-state index is 12.2. The number of urea groups is 1. The lowest BCUT2D eigenvalue weighted by Gasteiger charge is -2.17. The average molecular weight is 356 g/mol. The lowest BCUT2D eigenvalue weighted by Crippen LogP contribution is -2.34. The topological polar surface area (TPSA) is 77.4 Å². The van der Waals surface area contributed by atoms with Crippen molar-refractivity contribution in [3.63, 3.8) is 0 Å². The van der Waals surface area contributed by atoms with Crippen molar-refractivity contribution in [1.29, 1.82) is 0 Å². The molecule has 3 heterocycles. The van der Waals surface area contributed by atoms with Gasteiger partial charge in [-0.05, 0) is 40.6 Å². The number of hydrogen-bond donors (Lipinski definition) is 2. The van der Waals surface area contributed by atoms with E-state index in [1.54, 1.807) is 35.7 Å². The van der Waals surface area contributed by atoms with Crippen molar-refractivity contribution in [2.45, 2.75) is 6.04 Å². The van der Waals surface area contributed by atoms with Crippen LogP contribution >= 0.6 is 11.3 Å². The maximum atomic E-state index is 12.2. The maximum Gasteiger partial charge on any atom is 0.319 e.